The van der Waals surface area contributed by atoms with Crippen molar-refractivity contribution in [3.63, 3.8) is 0 Å². The van der Waals surface area contributed by atoms with Crippen molar-refractivity contribution < 1.29 is 4.74 Å². The summed E-state index contributed by atoms with van der Waals surface area (Å²) in [6.45, 7) is 12.3. The van der Waals surface area contributed by atoms with Gasteiger partial charge in [0.2, 0.25) is 0 Å². The monoisotopic (exact) mass is 384 g/mol. The maximum absolute atomic E-state index is 5.46. The molecule has 1 saturated heterocycles. The molecule has 5 nitrogen and oxygen atoms in total. The Morgan fingerprint density at radius 3 is 2.63 bits per heavy atom. The summed E-state index contributed by atoms with van der Waals surface area (Å²) in [7, 11) is 1.81. The van der Waals surface area contributed by atoms with Gasteiger partial charge in [0, 0.05) is 38.3 Å². The molecule has 0 saturated carbocycles. The highest BCUT2D eigenvalue weighted by molar-refractivity contribution is 14.0. The SMILES string of the molecule is CN=C(NCC(C)N1CCOCC1C)NC(C)C.I. The standard InChI is InChI=1S/C13H28N4O.HI/c1-10(2)16-13(14-5)15-8-11(3)17-6-7-18-9-12(17)4;/h10-12H,6-9H2,1-5H3,(H2,14,15,16);1H. The van der Waals surface area contributed by atoms with Crippen LogP contribution in [-0.2, 0) is 4.74 Å². The van der Waals surface area contributed by atoms with Gasteiger partial charge in [-0.1, -0.05) is 0 Å². The molecule has 1 aliphatic rings. The van der Waals surface area contributed by atoms with Crippen LogP contribution in [0, 0.1) is 0 Å². The summed E-state index contributed by atoms with van der Waals surface area (Å²) >= 11 is 0. The second kappa shape index (κ2) is 9.77. The van der Waals surface area contributed by atoms with Gasteiger partial charge in [0.05, 0.1) is 13.2 Å². The molecule has 0 radical (unpaired) electrons. The Hall–Kier alpha value is -0.0800. The van der Waals surface area contributed by atoms with Crippen LogP contribution in [-0.4, -0.2) is 62.3 Å². The Labute approximate surface area is 134 Å². The first-order valence-corrected chi connectivity index (χ1v) is 6.85. The van der Waals surface area contributed by atoms with Gasteiger partial charge < -0.3 is 15.4 Å². The van der Waals surface area contributed by atoms with Gasteiger partial charge in [-0.05, 0) is 27.7 Å². The second-order valence-electron chi connectivity index (χ2n) is 5.26. The Bertz CT molecular complexity index is 273. The van der Waals surface area contributed by atoms with E-state index in [1.54, 1.807) is 7.05 Å². The van der Waals surface area contributed by atoms with E-state index in [0.29, 0.717) is 18.1 Å². The number of ether oxygens (including phenoxy) is 1. The summed E-state index contributed by atoms with van der Waals surface area (Å²) in [4.78, 5) is 6.70. The van der Waals surface area contributed by atoms with Crippen molar-refractivity contribution in [2.45, 2.75) is 45.8 Å². The van der Waals surface area contributed by atoms with E-state index >= 15 is 0 Å². The number of morpholine rings is 1. The summed E-state index contributed by atoms with van der Waals surface area (Å²) in [6.07, 6.45) is 0. The molecule has 2 unspecified atom stereocenters. The van der Waals surface area contributed by atoms with E-state index in [4.69, 9.17) is 4.74 Å². The average Bonchev–Trinajstić information content (AvgIpc) is 2.34. The van der Waals surface area contributed by atoms with E-state index < -0.39 is 0 Å². The predicted octanol–water partition coefficient (Wildman–Crippen LogP) is 1.29. The highest BCUT2D eigenvalue weighted by atomic mass is 127. The molecule has 6 heteroatoms. The van der Waals surface area contributed by atoms with Crippen LogP contribution in [0.25, 0.3) is 0 Å². The molecule has 114 valence electrons. The Kier molecular flexibility index (Phi) is 9.72. The van der Waals surface area contributed by atoms with E-state index in [0.717, 1.165) is 32.3 Å². The molecular formula is C13H29IN4O. The Balaban J connectivity index is 0.00000324. The molecule has 0 aromatic carbocycles. The summed E-state index contributed by atoms with van der Waals surface area (Å²) in [5.41, 5.74) is 0. The lowest BCUT2D eigenvalue weighted by molar-refractivity contribution is -0.0174. The van der Waals surface area contributed by atoms with Crippen molar-refractivity contribution in [2.75, 3.05) is 33.4 Å². The van der Waals surface area contributed by atoms with Crippen molar-refractivity contribution in [1.82, 2.24) is 15.5 Å². The largest absolute Gasteiger partial charge is 0.379 e. The average molecular weight is 384 g/mol. The fraction of sp³-hybridized carbons (Fsp3) is 0.923. The Morgan fingerprint density at radius 2 is 2.11 bits per heavy atom. The molecule has 2 N–H and O–H groups in total. The molecule has 2 atom stereocenters. The third-order valence-electron chi connectivity index (χ3n) is 3.20. The maximum atomic E-state index is 5.46. The first-order chi connectivity index (χ1) is 8.54. The highest BCUT2D eigenvalue weighted by Gasteiger charge is 2.23. The van der Waals surface area contributed by atoms with E-state index in [1.807, 2.05) is 0 Å². The number of hydrogen-bond acceptors (Lipinski definition) is 3. The summed E-state index contributed by atoms with van der Waals surface area (Å²) in [5, 5.41) is 6.67. The van der Waals surface area contributed by atoms with Crippen LogP contribution in [0.1, 0.15) is 27.7 Å². The van der Waals surface area contributed by atoms with Crippen LogP contribution in [0.3, 0.4) is 0 Å². The molecule has 0 aliphatic carbocycles. The van der Waals surface area contributed by atoms with Crippen LogP contribution in [0.4, 0.5) is 0 Å². The molecule has 1 fully saturated rings. The second-order valence-corrected chi connectivity index (χ2v) is 5.26. The molecular weight excluding hydrogens is 355 g/mol. The highest BCUT2D eigenvalue weighted by Crippen LogP contribution is 2.09. The number of halogens is 1. The van der Waals surface area contributed by atoms with Crippen LogP contribution < -0.4 is 10.6 Å². The van der Waals surface area contributed by atoms with Crippen molar-refractivity contribution in [1.29, 1.82) is 0 Å². The first kappa shape index (κ1) is 18.9. The van der Waals surface area contributed by atoms with Crippen molar-refractivity contribution in [3.05, 3.63) is 0 Å². The van der Waals surface area contributed by atoms with Gasteiger partial charge in [-0.3, -0.25) is 9.89 Å². The molecule has 0 aromatic heterocycles. The van der Waals surface area contributed by atoms with Gasteiger partial charge in [-0.2, -0.15) is 0 Å². The van der Waals surface area contributed by atoms with Crippen molar-refractivity contribution in [2.24, 2.45) is 4.99 Å². The molecule has 0 bridgehead atoms. The quantitative estimate of drug-likeness (QED) is 0.436. The van der Waals surface area contributed by atoms with Gasteiger partial charge in [-0.15, -0.1) is 24.0 Å². The van der Waals surface area contributed by atoms with Gasteiger partial charge in [0.1, 0.15) is 0 Å². The molecule has 19 heavy (non-hydrogen) atoms. The summed E-state index contributed by atoms with van der Waals surface area (Å²) in [5.74, 6) is 0.873. The minimum Gasteiger partial charge on any atom is -0.379 e. The number of nitrogens with zero attached hydrogens (tertiary/aromatic N) is 2. The summed E-state index contributed by atoms with van der Waals surface area (Å²) < 4.78 is 5.46. The third-order valence-corrected chi connectivity index (χ3v) is 3.20. The zero-order valence-corrected chi connectivity index (χ0v) is 15.1. The predicted molar refractivity (Wildman–Crippen MR) is 91.5 cm³/mol. The third kappa shape index (κ3) is 6.76. The minimum absolute atomic E-state index is 0. The zero-order chi connectivity index (χ0) is 13.5. The van der Waals surface area contributed by atoms with Crippen LogP contribution in [0.2, 0.25) is 0 Å². The van der Waals surface area contributed by atoms with Crippen LogP contribution >= 0.6 is 24.0 Å². The lowest BCUT2D eigenvalue weighted by Crippen LogP contribution is -2.53. The molecule has 1 heterocycles. The van der Waals surface area contributed by atoms with Crippen molar-refractivity contribution in [3.8, 4) is 0 Å². The first-order valence-electron chi connectivity index (χ1n) is 6.85. The van der Waals surface area contributed by atoms with Gasteiger partial charge in [0.25, 0.3) is 0 Å². The lowest BCUT2D eigenvalue weighted by Gasteiger charge is -2.38. The summed E-state index contributed by atoms with van der Waals surface area (Å²) in [6, 6.07) is 1.37. The number of aliphatic imine (C=N–C) groups is 1. The minimum atomic E-state index is 0. The van der Waals surface area contributed by atoms with Gasteiger partial charge >= 0.3 is 0 Å². The van der Waals surface area contributed by atoms with Crippen LogP contribution in [0.5, 0.6) is 0 Å². The zero-order valence-electron chi connectivity index (χ0n) is 12.8. The molecule has 1 aliphatic heterocycles. The number of nitrogens with one attached hydrogen (secondary N) is 2. The normalized spacial score (nSPS) is 22.8. The van der Waals surface area contributed by atoms with Gasteiger partial charge in [0.15, 0.2) is 5.96 Å². The van der Waals surface area contributed by atoms with Gasteiger partial charge in [-0.25, -0.2) is 0 Å². The Morgan fingerprint density at radius 1 is 1.42 bits per heavy atom. The van der Waals surface area contributed by atoms with Crippen LogP contribution in [0.15, 0.2) is 4.99 Å². The van der Waals surface area contributed by atoms with E-state index in [-0.39, 0.29) is 24.0 Å². The molecule has 0 amide bonds. The fourth-order valence-corrected chi connectivity index (χ4v) is 2.22. The number of rotatable bonds is 4. The van der Waals surface area contributed by atoms with E-state index in [1.165, 1.54) is 0 Å². The number of hydrogen-bond donors (Lipinski definition) is 2. The molecule has 0 spiro atoms. The van der Waals surface area contributed by atoms with E-state index in [9.17, 15) is 0 Å². The smallest absolute Gasteiger partial charge is 0.191 e. The van der Waals surface area contributed by atoms with E-state index in [2.05, 4.69) is 48.2 Å². The fourth-order valence-electron chi connectivity index (χ4n) is 2.22. The topological polar surface area (TPSA) is 48.9 Å². The van der Waals surface area contributed by atoms with Crippen molar-refractivity contribution >= 4 is 29.9 Å². The molecule has 0 aromatic rings. The maximum Gasteiger partial charge on any atom is 0.191 e. The number of guanidine groups is 1. The lowest BCUT2D eigenvalue weighted by atomic mass is 10.2. The molecule has 1 rings (SSSR count).